The van der Waals surface area contributed by atoms with Gasteiger partial charge in [0.1, 0.15) is 17.3 Å². The number of hydrogen-bond donors (Lipinski definition) is 2. The third kappa shape index (κ3) is 4.61. The normalized spacial score (nSPS) is 13.4. The minimum atomic E-state index is -0.325. The van der Waals surface area contributed by atoms with Crippen molar-refractivity contribution in [3.8, 4) is 5.75 Å². The number of H-pyrrole nitrogens is 1. The highest BCUT2D eigenvalue weighted by Gasteiger charge is 2.09. The molecule has 0 saturated carbocycles. The second-order valence-electron chi connectivity index (χ2n) is 6.25. The van der Waals surface area contributed by atoms with Gasteiger partial charge in [-0.05, 0) is 67.5 Å². The molecule has 28 heavy (non-hydrogen) atoms. The first kappa shape index (κ1) is 18.3. The van der Waals surface area contributed by atoms with E-state index in [0.29, 0.717) is 21.9 Å². The van der Waals surface area contributed by atoms with Gasteiger partial charge >= 0.3 is 0 Å². The van der Waals surface area contributed by atoms with E-state index < -0.39 is 0 Å². The highest BCUT2D eigenvalue weighted by atomic mass is 32.2. The van der Waals surface area contributed by atoms with E-state index in [1.807, 2.05) is 18.2 Å². The molecule has 3 aromatic rings. The monoisotopic (exact) mass is 395 g/mol. The lowest BCUT2D eigenvalue weighted by atomic mass is 10.2. The molecular formula is C21H18FN3O2S. The number of rotatable bonds is 6. The standard InChI is InChI=1S/C21H18FN3O2S/c22-14-6-11-18-19(12-14)25-21(24-18)28-13-20(26)23-15-7-9-17(10-8-15)27-16-4-2-1-3-5-16/h2,4-12H,1,3,13H2,(H,23,26)(H,24,25). The van der Waals surface area contributed by atoms with Gasteiger partial charge < -0.3 is 15.0 Å². The van der Waals surface area contributed by atoms with Gasteiger partial charge in [0.2, 0.25) is 5.91 Å². The van der Waals surface area contributed by atoms with Gasteiger partial charge in [0.25, 0.3) is 0 Å². The van der Waals surface area contributed by atoms with Crippen molar-refractivity contribution in [3.63, 3.8) is 0 Å². The molecule has 1 aliphatic rings. The van der Waals surface area contributed by atoms with Crippen LogP contribution in [0.2, 0.25) is 0 Å². The number of nitrogens with zero attached hydrogens (tertiary/aromatic N) is 1. The van der Waals surface area contributed by atoms with Crippen molar-refractivity contribution >= 4 is 34.4 Å². The third-order valence-corrected chi connectivity index (χ3v) is 4.97. The molecule has 0 unspecified atom stereocenters. The second kappa shape index (κ2) is 8.31. The Labute approximate surface area is 165 Å². The number of halogens is 1. The van der Waals surface area contributed by atoms with Crippen LogP contribution in [0.4, 0.5) is 10.1 Å². The number of carbonyl (C=O) groups is 1. The molecule has 0 saturated heterocycles. The quantitative estimate of drug-likeness (QED) is 0.574. The number of ether oxygens (including phenoxy) is 1. The molecule has 4 rings (SSSR count). The molecular weight excluding hydrogens is 377 g/mol. The fourth-order valence-electron chi connectivity index (χ4n) is 2.77. The van der Waals surface area contributed by atoms with Crippen LogP contribution in [-0.4, -0.2) is 21.6 Å². The minimum Gasteiger partial charge on any atom is -0.458 e. The molecule has 1 aromatic heterocycles. The molecule has 0 radical (unpaired) electrons. The lowest BCUT2D eigenvalue weighted by Crippen LogP contribution is -2.14. The maximum Gasteiger partial charge on any atom is 0.234 e. The molecule has 2 N–H and O–H groups in total. The lowest BCUT2D eigenvalue weighted by Gasteiger charge is -2.10. The van der Waals surface area contributed by atoms with Crippen LogP contribution in [0, 0.1) is 5.82 Å². The first-order valence-electron chi connectivity index (χ1n) is 8.88. The van der Waals surface area contributed by atoms with Gasteiger partial charge in [-0.1, -0.05) is 17.8 Å². The minimum absolute atomic E-state index is 0.150. The van der Waals surface area contributed by atoms with Crippen LogP contribution in [-0.2, 0) is 4.79 Å². The topological polar surface area (TPSA) is 67.0 Å². The maximum atomic E-state index is 13.2. The molecule has 1 amide bonds. The first-order valence-corrected chi connectivity index (χ1v) is 9.87. The summed E-state index contributed by atoms with van der Waals surface area (Å²) in [5, 5.41) is 3.42. The molecule has 0 fully saturated rings. The van der Waals surface area contributed by atoms with Crippen molar-refractivity contribution in [1.82, 2.24) is 9.97 Å². The van der Waals surface area contributed by atoms with E-state index in [-0.39, 0.29) is 17.5 Å². The van der Waals surface area contributed by atoms with Crippen LogP contribution in [0.15, 0.2) is 71.6 Å². The van der Waals surface area contributed by atoms with Crippen molar-refractivity contribution in [2.24, 2.45) is 0 Å². The zero-order valence-corrected chi connectivity index (χ0v) is 15.8. The van der Waals surface area contributed by atoms with E-state index in [1.165, 1.54) is 23.9 Å². The molecule has 0 aliphatic heterocycles. The van der Waals surface area contributed by atoms with Gasteiger partial charge in [-0.15, -0.1) is 0 Å². The summed E-state index contributed by atoms with van der Waals surface area (Å²) in [7, 11) is 0. The van der Waals surface area contributed by atoms with Gasteiger partial charge in [-0.3, -0.25) is 4.79 Å². The molecule has 142 valence electrons. The summed E-state index contributed by atoms with van der Waals surface area (Å²) < 4.78 is 19.0. The number of fused-ring (bicyclic) bond motifs is 1. The molecule has 5 nitrogen and oxygen atoms in total. The molecule has 1 heterocycles. The summed E-state index contributed by atoms with van der Waals surface area (Å²) in [5.74, 6) is 1.28. The van der Waals surface area contributed by atoms with Crippen molar-refractivity contribution in [2.75, 3.05) is 11.1 Å². The Morgan fingerprint density at radius 2 is 2.07 bits per heavy atom. The number of thioether (sulfide) groups is 1. The summed E-state index contributed by atoms with van der Waals surface area (Å²) in [4.78, 5) is 19.5. The summed E-state index contributed by atoms with van der Waals surface area (Å²) in [6, 6.07) is 11.6. The van der Waals surface area contributed by atoms with Crippen LogP contribution in [0.25, 0.3) is 11.0 Å². The molecule has 0 atom stereocenters. The fraction of sp³-hybridized carbons (Fsp3) is 0.143. The number of aromatic amines is 1. The van der Waals surface area contributed by atoms with Crippen molar-refractivity contribution in [3.05, 3.63) is 72.3 Å². The van der Waals surface area contributed by atoms with Crippen LogP contribution >= 0.6 is 11.8 Å². The summed E-state index contributed by atoms with van der Waals surface area (Å²) in [6.45, 7) is 0. The van der Waals surface area contributed by atoms with Crippen molar-refractivity contribution < 1.29 is 13.9 Å². The highest BCUT2D eigenvalue weighted by molar-refractivity contribution is 7.99. The van der Waals surface area contributed by atoms with E-state index in [0.717, 1.165) is 24.4 Å². The number of hydrogen-bond acceptors (Lipinski definition) is 4. The Balaban J connectivity index is 1.30. The van der Waals surface area contributed by atoms with Gasteiger partial charge in [-0.25, -0.2) is 9.37 Å². The van der Waals surface area contributed by atoms with Crippen LogP contribution in [0.1, 0.15) is 12.8 Å². The number of amides is 1. The van der Waals surface area contributed by atoms with Crippen LogP contribution < -0.4 is 10.1 Å². The number of imidazole rings is 1. The maximum absolute atomic E-state index is 13.2. The van der Waals surface area contributed by atoms with Crippen molar-refractivity contribution in [1.29, 1.82) is 0 Å². The predicted molar refractivity (Wildman–Crippen MR) is 109 cm³/mol. The van der Waals surface area contributed by atoms with Gasteiger partial charge in [0.15, 0.2) is 5.16 Å². The number of anilines is 1. The van der Waals surface area contributed by atoms with Gasteiger partial charge in [-0.2, -0.15) is 0 Å². The van der Waals surface area contributed by atoms with Crippen molar-refractivity contribution in [2.45, 2.75) is 18.0 Å². The largest absolute Gasteiger partial charge is 0.458 e. The number of benzene rings is 2. The summed E-state index contributed by atoms with van der Waals surface area (Å²) in [5.41, 5.74) is 1.97. The van der Waals surface area contributed by atoms with E-state index >= 15 is 0 Å². The van der Waals surface area contributed by atoms with Gasteiger partial charge in [0.05, 0.1) is 16.8 Å². The molecule has 2 aromatic carbocycles. The van der Waals surface area contributed by atoms with E-state index in [9.17, 15) is 9.18 Å². The molecule has 0 spiro atoms. The molecule has 1 aliphatic carbocycles. The lowest BCUT2D eigenvalue weighted by molar-refractivity contribution is -0.113. The number of nitrogens with one attached hydrogen (secondary N) is 2. The van der Waals surface area contributed by atoms with E-state index in [4.69, 9.17) is 4.74 Å². The summed E-state index contributed by atoms with van der Waals surface area (Å²) >= 11 is 1.26. The fourth-order valence-corrected chi connectivity index (χ4v) is 3.45. The number of aromatic nitrogens is 2. The Kier molecular flexibility index (Phi) is 5.43. The second-order valence-corrected chi connectivity index (χ2v) is 7.22. The van der Waals surface area contributed by atoms with E-state index in [1.54, 1.807) is 18.2 Å². The van der Waals surface area contributed by atoms with Crippen LogP contribution in [0.5, 0.6) is 5.75 Å². The van der Waals surface area contributed by atoms with Crippen LogP contribution in [0.3, 0.4) is 0 Å². The molecule has 0 bridgehead atoms. The predicted octanol–water partition coefficient (Wildman–Crippen LogP) is 5.05. The zero-order valence-electron chi connectivity index (χ0n) is 14.9. The Morgan fingerprint density at radius 1 is 1.21 bits per heavy atom. The number of allylic oxidation sites excluding steroid dienone is 3. The third-order valence-electron chi connectivity index (χ3n) is 4.10. The average Bonchev–Trinajstić information content (AvgIpc) is 3.11. The SMILES string of the molecule is O=C(CSc1nc2ccc(F)cc2[nH]1)Nc1ccc(OC2=CCCC=C2)cc1. The number of carbonyl (C=O) groups excluding carboxylic acids is 1. The van der Waals surface area contributed by atoms with Gasteiger partial charge in [0, 0.05) is 5.69 Å². The highest BCUT2D eigenvalue weighted by Crippen LogP contribution is 2.22. The smallest absolute Gasteiger partial charge is 0.234 e. The Bertz CT molecular complexity index is 1060. The van der Waals surface area contributed by atoms with E-state index in [2.05, 4.69) is 27.4 Å². The first-order chi connectivity index (χ1) is 13.7. The average molecular weight is 395 g/mol. The Morgan fingerprint density at radius 3 is 2.86 bits per heavy atom. The zero-order chi connectivity index (χ0) is 19.3. The summed E-state index contributed by atoms with van der Waals surface area (Å²) in [6.07, 6.45) is 8.13. The Hall–Kier alpha value is -3.06. The molecule has 7 heteroatoms.